The van der Waals surface area contributed by atoms with Crippen LogP contribution < -0.4 is 24.8 Å². The molecule has 1 aromatic rings. The molecule has 0 spiro atoms. The van der Waals surface area contributed by atoms with Crippen LogP contribution in [0.3, 0.4) is 0 Å². The molecule has 4 rings (SSSR count). The molecule has 1 atom stereocenters. The van der Waals surface area contributed by atoms with Crippen LogP contribution in [0.4, 0.5) is 0 Å². The van der Waals surface area contributed by atoms with Crippen LogP contribution in [0, 0.1) is 17.6 Å². The van der Waals surface area contributed by atoms with E-state index in [0.29, 0.717) is 0 Å². The first-order valence-electron chi connectivity index (χ1n) is 10.8. The molecule has 1 aliphatic heterocycles. The zero-order valence-electron chi connectivity index (χ0n) is 19.5. The smallest absolute Gasteiger partial charge is 1.00 e. The van der Waals surface area contributed by atoms with Gasteiger partial charge in [-0.25, -0.2) is 11.6 Å². The summed E-state index contributed by atoms with van der Waals surface area (Å²) in [6.07, 6.45) is 13.7. The van der Waals surface area contributed by atoms with Crippen LogP contribution in [0.1, 0.15) is 77.5 Å². The van der Waals surface area contributed by atoms with Gasteiger partial charge in [0.25, 0.3) is 0 Å². The van der Waals surface area contributed by atoms with Crippen molar-refractivity contribution in [2.75, 3.05) is 0 Å². The fraction of sp³-hybridized carbons (Fsp3) is 0.538. The third kappa shape index (κ3) is 6.12. The van der Waals surface area contributed by atoms with Gasteiger partial charge in [-0.3, -0.25) is 12.2 Å². The zero-order valence-corrected chi connectivity index (χ0v) is 25.6. The van der Waals surface area contributed by atoms with Gasteiger partial charge in [-0.2, -0.15) is 16.7 Å². The molecule has 162 valence electrons. The molecule has 0 aromatic heterocycles. The standard InChI is InChI=1S/C16H21Si.C10H15.2ClH.Hf/c1-2-3-11-17(12-6-13-17)16-10-9-14-7-4-5-8-15(14)16;1-7-6-10(4,5)9(3)8(7)2;;;/h4-5,7-9,16H,2-3,6,11-13H2,1H3;1-5H3;2*1H;/q2*-1;;;+4/p-2. The minimum Gasteiger partial charge on any atom is -1.00 e. The van der Waals surface area contributed by atoms with E-state index < -0.39 is 8.07 Å². The van der Waals surface area contributed by atoms with Gasteiger partial charge in [-0.1, -0.05) is 101 Å². The molecular formula is C26H36Cl2HfSi. The number of halogens is 2. The summed E-state index contributed by atoms with van der Waals surface area (Å²) in [6.45, 7) is 13.2. The van der Waals surface area contributed by atoms with E-state index in [2.05, 4.69) is 84.0 Å². The van der Waals surface area contributed by atoms with Crippen molar-refractivity contribution in [3.05, 3.63) is 64.3 Å². The molecule has 0 amide bonds. The van der Waals surface area contributed by atoms with Crippen molar-refractivity contribution in [2.45, 2.75) is 84.5 Å². The molecule has 2 aliphatic carbocycles. The van der Waals surface area contributed by atoms with E-state index in [-0.39, 0.29) is 56.1 Å². The predicted molar refractivity (Wildman–Crippen MR) is 121 cm³/mol. The van der Waals surface area contributed by atoms with Crippen LogP contribution >= 0.6 is 0 Å². The van der Waals surface area contributed by atoms with Crippen LogP contribution in [-0.4, -0.2) is 8.07 Å². The Kier molecular flexibility index (Phi) is 12.4. The second-order valence-electron chi connectivity index (χ2n) is 9.32. The molecular weight excluding hydrogens is 590 g/mol. The third-order valence-corrected chi connectivity index (χ3v) is 13.0. The molecule has 1 aromatic carbocycles. The van der Waals surface area contributed by atoms with Crippen molar-refractivity contribution in [3.8, 4) is 0 Å². The van der Waals surface area contributed by atoms with Crippen molar-refractivity contribution in [2.24, 2.45) is 5.41 Å². The minimum atomic E-state index is -1.02. The largest absolute Gasteiger partial charge is 4.00 e. The Morgan fingerprint density at radius 1 is 1.07 bits per heavy atom. The van der Waals surface area contributed by atoms with Crippen LogP contribution in [0.15, 0.2) is 41.0 Å². The van der Waals surface area contributed by atoms with Gasteiger partial charge < -0.3 is 24.8 Å². The number of benzene rings is 1. The maximum atomic E-state index is 3.71. The number of unbranched alkanes of at least 4 members (excludes halogenated alkanes) is 1. The summed E-state index contributed by atoms with van der Waals surface area (Å²) in [7, 11) is -1.02. The fourth-order valence-electron chi connectivity index (χ4n) is 4.92. The van der Waals surface area contributed by atoms with Crippen molar-refractivity contribution < 1.29 is 50.7 Å². The van der Waals surface area contributed by atoms with Gasteiger partial charge in [0.1, 0.15) is 0 Å². The summed E-state index contributed by atoms with van der Waals surface area (Å²) in [5.41, 5.74) is 8.15. The summed E-state index contributed by atoms with van der Waals surface area (Å²) in [6, 6.07) is 13.6. The summed E-state index contributed by atoms with van der Waals surface area (Å²) >= 11 is 0. The van der Waals surface area contributed by atoms with Crippen LogP contribution in [0.2, 0.25) is 18.1 Å². The van der Waals surface area contributed by atoms with Crippen LogP contribution in [0.25, 0.3) is 6.08 Å². The maximum absolute atomic E-state index is 3.71. The summed E-state index contributed by atoms with van der Waals surface area (Å²) < 4.78 is 0. The predicted octanol–water partition coefficient (Wildman–Crippen LogP) is 1.91. The molecule has 0 nitrogen and oxygen atoms in total. The summed E-state index contributed by atoms with van der Waals surface area (Å²) in [5.74, 6) is 0. The number of fused-ring (bicyclic) bond motifs is 1. The van der Waals surface area contributed by atoms with E-state index in [1.165, 1.54) is 47.6 Å². The van der Waals surface area contributed by atoms with Crippen molar-refractivity contribution in [1.29, 1.82) is 0 Å². The van der Waals surface area contributed by atoms with Gasteiger partial charge in [-0.05, 0) is 0 Å². The molecule has 1 unspecified atom stereocenters. The minimum absolute atomic E-state index is 0. The van der Waals surface area contributed by atoms with Gasteiger partial charge in [0.2, 0.25) is 0 Å². The zero-order chi connectivity index (χ0) is 19.7. The van der Waals surface area contributed by atoms with Gasteiger partial charge in [0.05, 0.1) is 0 Å². The van der Waals surface area contributed by atoms with Gasteiger partial charge in [0.15, 0.2) is 0 Å². The van der Waals surface area contributed by atoms with E-state index in [4.69, 9.17) is 0 Å². The van der Waals surface area contributed by atoms with Crippen molar-refractivity contribution in [3.63, 3.8) is 0 Å². The van der Waals surface area contributed by atoms with E-state index in [9.17, 15) is 0 Å². The average Bonchev–Trinajstić information content (AvgIpc) is 3.11. The van der Waals surface area contributed by atoms with Gasteiger partial charge in [-0.15, -0.1) is 18.6 Å². The molecule has 0 saturated carbocycles. The molecule has 1 heterocycles. The first-order valence-corrected chi connectivity index (χ1v) is 13.5. The van der Waals surface area contributed by atoms with E-state index >= 15 is 0 Å². The number of hydrogen-bond acceptors (Lipinski definition) is 0. The Hall–Kier alpha value is 0.107. The number of hydrogen-bond donors (Lipinski definition) is 0. The van der Waals surface area contributed by atoms with Crippen LogP contribution in [0.5, 0.6) is 0 Å². The molecule has 3 aliphatic rings. The first-order chi connectivity index (χ1) is 12.8. The SMILES string of the molecule is CC1=[C-]C(C)(C)C(C)=C1C.CCCC[Si]1(C2[C-]=Cc3ccccc32)CCC1.[Cl-].[Cl-].[Hf+4]. The Morgan fingerprint density at radius 3 is 2.13 bits per heavy atom. The van der Waals surface area contributed by atoms with Crippen molar-refractivity contribution >= 4 is 14.1 Å². The van der Waals surface area contributed by atoms with Gasteiger partial charge >= 0.3 is 25.8 Å². The third-order valence-electron chi connectivity index (χ3n) is 7.26. The van der Waals surface area contributed by atoms with Crippen molar-refractivity contribution in [1.82, 2.24) is 0 Å². The second-order valence-corrected chi connectivity index (χ2v) is 14.1. The molecule has 30 heavy (non-hydrogen) atoms. The quantitative estimate of drug-likeness (QED) is 0.355. The maximum Gasteiger partial charge on any atom is 4.00 e. The number of rotatable bonds is 4. The Morgan fingerprint density at radius 2 is 1.70 bits per heavy atom. The van der Waals surface area contributed by atoms with Gasteiger partial charge in [0, 0.05) is 8.07 Å². The Balaban J connectivity index is 0.000000569. The molecule has 1 saturated heterocycles. The molecule has 0 N–H and O–H groups in total. The number of allylic oxidation sites excluding steroid dienone is 5. The van der Waals surface area contributed by atoms with E-state index in [1.54, 1.807) is 17.7 Å². The summed E-state index contributed by atoms with van der Waals surface area (Å²) in [5, 5.41) is 0. The Labute approximate surface area is 217 Å². The van der Waals surface area contributed by atoms with E-state index in [0.717, 1.165) is 5.54 Å². The fourth-order valence-corrected chi connectivity index (χ4v) is 9.97. The first kappa shape index (κ1) is 30.1. The second kappa shape index (κ2) is 12.4. The molecule has 1 fully saturated rings. The normalized spacial score (nSPS) is 21.7. The molecule has 4 heteroatoms. The average molecular weight is 626 g/mol. The summed E-state index contributed by atoms with van der Waals surface area (Å²) in [4.78, 5) is 0. The Bertz CT molecular complexity index is 788. The monoisotopic (exact) mass is 626 g/mol. The molecule has 0 bridgehead atoms. The van der Waals surface area contributed by atoms with Crippen LogP contribution in [-0.2, 0) is 25.8 Å². The van der Waals surface area contributed by atoms with E-state index in [1.807, 2.05) is 0 Å². The topological polar surface area (TPSA) is 0 Å². The molecule has 0 radical (unpaired) electrons.